The van der Waals surface area contributed by atoms with Crippen molar-refractivity contribution in [2.75, 3.05) is 32.8 Å². The third kappa shape index (κ3) is 13.4. The van der Waals surface area contributed by atoms with E-state index in [1.54, 1.807) is 58.0 Å². The second-order valence-corrected chi connectivity index (χ2v) is 13.4. The van der Waals surface area contributed by atoms with Crippen molar-refractivity contribution in [2.24, 2.45) is 16.7 Å². The molecule has 14 heteroatoms. The summed E-state index contributed by atoms with van der Waals surface area (Å²) >= 11 is 0. The lowest BCUT2D eigenvalue weighted by atomic mass is 9.73. The molecule has 51 heavy (non-hydrogen) atoms. The van der Waals surface area contributed by atoms with Crippen LogP contribution in [0, 0.1) is 16.7 Å². The number of carbonyl (C=O) groups is 6. The highest BCUT2D eigenvalue weighted by Gasteiger charge is 2.43. The molecule has 0 amide bonds. The van der Waals surface area contributed by atoms with Gasteiger partial charge >= 0.3 is 29.8 Å². The van der Waals surface area contributed by atoms with Crippen LogP contribution >= 0.6 is 0 Å². The number of benzene rings is 2. The van der Waals surface area contributed by atoms with Crippen molar-refractivity contribution in [3.8, 4) is 11.5 Å². The number of unbranched alkanes of at least 4 members (excludes halogenated alkanes) is 1. The van der Waals surface area contributed by atoms with E-state index in [2.05, 4.69) is 0 Å². The third-order valence-electron chi connectivity index (χ3n) is 8.41. The van der Waals surface area contributed by atoms with Gasteiger partial charge in [0.25, 0.3) is 0 Å². The van der Waals surface area contributed by atoms with Gasteiger partial charge in [0, 0.05) is 18.2 Å². The fourth-order valence-corrected chi connectivity index (χ4v) is 5.31. The van der Waals surface area contributed by atoms with Crippen molar-refractivity contribution in [1.82, 2.24) is 4.90 Å². The summed E-state index contributed by atoms with van der Waals surface area (Å²) in [6, 6.07) is 12.2. The van der Waals surface area contributed by atoms with Gasteiger partial charge in [0.05, 0.1) is 42.0 Å². The van der Waals surface area contributed by atoms with Crippen molar-refractivity contribution in [3.05, 3.63) is 59.7 Å². The predicted octanol–water partition coefficient (Wildman–Crippen LogP) is 4.09. The zero-order chi connectivity index (χ0) is 38.4. The molecule has 280 valence electrons. The number of aliphatic carboxylic acids is 2. The first kappa shape index (κ1) is 42.3. The van der Waals surface area contributed by atoms with Crippen molar-refractivity contribution >= 4 is 35.6 Å². The average molecular weight is 716 g/mol. The summed E-state index contributed by atoms with van der Waals surface area (Å²) in [7, 11) is 0. The number of esters is 3. The number of phenolic OH excluding ortho intramolecular Hbond substituents is 1. The van der Waals surface area contributed by atoms with Gasteiger partial charge in [-0.1, -0.05) is 50.6 Å². The number of ether oxygens (including phenoxy) is 3. The van der Waals surface area contributed by atoms with E-state index >= 15 is 0 Å². The summed E-state index contributed by atoms with van der Waals surface area (Å²) in [6.45, 7) is 6.21. The molecular weight excluding hydrogens is 666 g/mol. The third-order valence-corrected chi connectivity index (χ3v) is 8.41. The van der Waals surface area contributed by atoms with E-state index in [0.29, 0.717) is 12.0 Å². The summed E-state index contributed by atoms with van der Waals surface area (Å²) < 4.78 is 16.4. The van der Waals surface area contributed by atoms with Crippen molar-refractivity contribution in [3.63, 3.8) is 0 Å². The minimum atomic E-state index is -1.40. The zero-order valence-corrected chi connectivity index (χ0v) is 29.8. The first-order valence-electron chi connectivity index (χ1n) is 16.7. The Morgan fingerprint density at radius 1 is 0.843 bits per heavy atom. The smallest absolute Gasteiger partial charge is 0.317 e. The van der Waals surface area contributed by atoms with Gasteiger partial charge in [-0.25, -0.2) is 0 Å². The van der Waals surface area contributed by atoms with Crippen LogP contribution in [0.2, 0.25) is 0 Å². The molecule has 0 aliphatic heterocycles. The molecule has 3 unspecified atom stereocenters. The van der Waals surface area contributed by atoms with Crippen LogP contribution < -0.4 is 4.74 Å². The fraction of sp³-hybridized carbons (Fsp3) is 0.514. The number of carboxylic acids is 2. The Labute approximate surface area is 297 Å². The number of ketones is 1. The van der Waals surface area contributed by atoms with Crippen LogP contribution in [0.1, 0.15) is 82.6 Å². The highest BCUT2D eigenvalue weighted by molar-refractivity contribution is 6.10. The molecule has 2 rings (SSSR count). The maximum Gasteiger partial charge on any atom is 0.317 e. The van der Waals surface area contributed by atoms with Crippen LogP contribution in [0.5, 0.6) is 11.5 Å². The van der Waals surface area contributed by atoms with E-state index in [4.69, 9.17) is 24.4 Å². The van der Waals surface area contributed by atoms with Crippen molar-refractivity contribution < 1.29 is 63.4 Å². The van der Waals surface area contributed by atoms with Gasteiger partial charge in [-0.2, -0.15) is 0 Å². The Morgan fingerprint density at radius 2 is 1.47 bits per heavy atom. The molecule has 0 saturated heterocycles. The molecule has 0 aromatic heterocycles. The Bertz CT molecular complexity index is 1510. The molecule has 0 aliphatic carbocycles. The van der Waals surface area contributed by atoms with Gasteiger partial charge in [-0.05, 0) is 58.6 Å². The van der Waals surface area contributed by atoms with E-state index in [1.165, 1.54) is 12.1 Å². The monoisotopic (exact) mass is 715 g/mol. The van der Waals surface area contributed by atoms with Gasteiger partial charge in [-0.3, -0.25) is 33.7 Å². The number of aliphatic hydroxyl groups excluding tert-OH is 1. The number of aliphatic hydroxyl groups is 1. The van der Waals surface area contributed by atoms with E-state index in [9.17, 15) is 39.0 Å². The summed E-state index contributed by atoms with van der Waals surface area (Å²) in [5.41, 5.74) is -2.21. The minimum Gasteiger partial charge on any atom is -0.507 e. The molecule has 2 aromatic carbocycles. The van der Waals surface area contributed by atoms with Crippen LogP contribution in [-0.2, 0) is 33.4 Å². The lowest BCUT2D eigenvalue weighted by molar-refractivity contribution is -0.163. The summed E-state index contributed by atoms with van der Waals surface area (Å²) in [6.07, 6.45) is -0.0391. The van der Waals surface area contributed by atoms with Gasteiger partial charge < -0.3 is 34.6 Å². The molecule has 0 spiro atoms. The zero-order valence-electron chi connectivity index (χ0n) is 29.8. The molecule has 0 radical (unpaired) electrons. The van der Waals surface area contributed by atoms with Crippen molar-refractivity contribution in [2.45, 2.75) is 72.8 Å². The Hall–Kier alpha value is -4.82. The van der Waals surface area contributed by atoms with E-state index < -0.39 is 78.2 Å². The second-order valence-electron chi connectivity index (χ2n) is 13.4. The molecule has 0 saturated carbocycles. The first-order valence-corrected chi connectivity index (χ1v) is 16.7. The topological polar surface area (TPSA) is 214 Å². The first-order chi connectivity index (χ1) is 23.9. The number of nitrogens with zero attached hydrogens (tertiary/aromatic N) is 1. The molecule has 0 bridgehead atoms. The fourth-order valence-electron chi connectivity index (χ4n) is 5.31. The molecule has 14 nitrogen and oxygen atoms in total. The average Bonchev–Trinajstić information content (AvgIpc) is 3.06. The largest absolute Gasteiger partial charge is 0.507 e. The van der Waals surface area contributed by atoms with Crippen LogP contribution in [0.3, 0.4) is 0 Å². The molecule has 0 fully saturated rings. The Kier molecular flexibility index (Phi) is 16.2. The number of carbonyl (C=O) groups excluding carboxylic acids is 4. The van der Waals surface area contributed by atoms with E-state index in [0.717, 1.165) is 17.4 Å². The summed E-state index contributed by atoms with van der Waals surface area (Å²) in [4.78, 5) is 76.2. The SMILES string of the molecule is CCCCOC(=O)C(CC(C)(C)C(=O)Oc1ccc(C(=O)c2ccccc2)c(O)c1)CC(C)(CC)C(=O)OCC(O)CN(CC(=O)O)CC(=O)O. The summed E-state index contributed by atoms with van der Waals surface area (Å²) in [5.74, 6) is -6.54. The van der Waals surface area contributed by atoms with Crippen LogP contribution in [0.4, 0.5) is 0 Å². The molecule has 2 aromatic rings. The van der Waals surface area contributed by atoms with E-state index in [1.807, 2.05) is 6.92 Å². The van der Waals surface area contributed by atoms with Crippen molar-refractivity contribution in [1.29, 1.82) is 0 Å². The Morgan fingerprint density at radius 3 is 2.02 bits per heavy atom. The number of aromatic hydroxyl groups is 1. The highest BCUT2D eigenvalue weighted by atomic mass is 16.5. The predicted molar refractivity (Wildman–Crippen MR) is 183 cm³/mol. The standard InChI is InChI=1S/C37H49NO13/c1-6-8-16-49-33(46)25(19-37(5,7-2)35(48)50-23-26(39)20-38(21-30(41)42)22-31(43)44)18-36(3,4)34(47)51-27-14-15-28(29(40)17-27)32(45)24-12-10-9-11-13-24/h9-15,17,25-26,39-40H,6-8,16,18-23H2,1-5H3,(H,41,42)(H,43,44). The van der Waals surface area contributed by atoms with Gasteiger partial charge in [0.15, 0.2) is 5.78 Å². The Balaban J connectivity index is 2.20. The number of phenols is 1. The molecule has 0 aliphatic rings. The number of hydrogen-bond donors (Lipinski definition) is 4. The number of hydrogen-bond acceptors (Lipinski definition) is 12. The maximum atomic E-state index is 13.5. The summed E-state index contributed by atoms with van der Waals surface area (Å²) in [5, 5.41) is 39.1. The molecule has 4 N–H and O–H groups in total. The number of rotatable bonds is 22. The van der Waals surface area contributed by atoms with E-state index in [-0.39, 0.29) is 49.5 Å². The minimum absolute atomic E-state index is 0.0197. The van der Waals surface area contributed by atoms with Gasteiger partial charge in [0.2, 0.25) is 0 Å². The second kappa shape index (κ2) is 19.5. The lowest BCUT2D eigenvalue weighted by Gasteiger charge is -2.33. The quantitative estimate of drug-likeness (QED) is 0.0585. The highest BCUT2D eigenvalue weighted by Crippen LogP contribution is 2.39. The lowest BCUT2D eigenvalue weighted by Crippen LogP contribution is -2.42. The number of carboxylic acid groups (broad SMARTS) is 2. The molecule has 0 heterocycles. The van der Waals surface area contributed by atoms with Crippen LogP contribution in [0.15, 0.2) is 48.5 Å². The maximum absolute atomic E-state index is 13.5. The molecule has 3 atom stereocenters. The normalized spacial score (nSPS) is 13.8. The molecular formula is C37H49NO13. The van der Waals surface area contributed by atoms with Crippen LogP contribution in [-0.4, -0.2) is 99.9 Å². The van der Waals surface area contributed by atoms with Gasteiger partial charge in [0.1, 0.15) is 24.2 Å². The van der Waals surface area contributed by atoms with Gasteiger partial charge in [-0.15, -0.1) is 0 Å². The van der Waals surface area contributed by atoms with Crippen LogP contribution in [0.25, 0.3) is 0 Å².